The molecule has 2 bridgehead atoms. The van der Waals surface area contributed by atoms with E-state index >= 15 is 0 Å². The van der Waals surface area contributed by atoms with Gasteiger partial charge in [-0.05, 0) is 53.5 Å². The number of benzene rings is 3. The highest BCUT2D eigenvalue weighted by atomic mass is 28.4. The summed E-state index contributed by atoms with van der Waals surface area (Å²) in [6.07, 6.45) is 6.86. The minimum Gasteiger partial charge on any atom is -0.484 e. The lowest BCUT2D eigenvalue weighted by Crippen LogP contribution is -2.71. The van der Waals surface area contributed by atoms with E-state index in [1.165, 1.54) is 21.5 Å². The highest BCUT2D eigenvalue weighted by Crippen LogP contribution is 2.62. The average molecular weight is 537 g/mol. The maximum atomic E-state index is 7.75. The van der Waals surface area contributed by atoms with Crippen LogP contribution < -0.4 is 20.4 Å². The van der Waals surface area contributed by atoms with Crippen LogP contribution in [0.1, 0.15) is 38.3 Å². The lowest BCUT2D eigenvalue weighted by molar-refractivity contribution is -0.0402. The molecule has 4 aliphatic rings. The molecule has 4 nitrogen and oxygen atoms in total. The second-order valence-corrected chi connectivity index (χ2v) is 17.2. The van der Waals surface area contributed by atoms with Crippen molar-refractivity contribution in [1.29, 1.82) is 0 Å². The van der Waals surface area contributed by atoms with Crippen LogP contribution in [0, 0.1) is 5.92 Å². The molecule has 1 N–H and O–H groups in total. The third-order valence-electron chi connectivity index (χ3n) is 10.2. The summed E-state index contributed by atoms with van der Waals surface area (Å²) < 4.78 is 14.9. The van der Waals surface area contributed by atoms with Crippen molar-refractivity contribution in [3.63, 3.8) is 0 Å². The third kappa shape index (κ3) is 3.36. The van der Waals surface area contributed by atoms with E-state index in [0.717, 1.165) is 30.8 Å². The molecular formula is C34H40N2O2Si. The van der Waals surface area contributed by atoms with Crippen molar-refractivity contribution in [2.24, 2.45) is 5.92 Å². The normalized spacial score (nSPS) is 29.1. The van der Waals surface area contributed by atoms with Crippen LogP contribution in [0.2, 0.25) is 5.04 Å². The molecule has 5 atom stereocenters. The van der Waals surface area contributed by atoms with Gasteiger partial charge in [0.25, 0.3) is 8.32 Å². The fourth-order valence-electron chi connectivity index (χ4n) is 8.43. The molecule has 1 saturated heterocycles. The largest absolute Gasteiger partial charge is 0.484 e. The Labute approximate surface area is 234 Å². The number of anilines is 1. The number of ether oxygens (including phenoxy) is 1. The van der Waals surface area contributed by atoms with Gasteiger partial charge in [-0.15, -0.1) is 0 Å². The topological polar surface area (TPSA) is 33.7 Å². The second-order valence-electron chi connectivity index (χ2n) is 13.0. The first-order chi connectivity index (χ1) is 18.8. The maximum Gasteiger partial charge on any atom is 0.262 e. The standard InChI is InChI=1S/C34H40N2O2Si/c1-33(2,3)39(24-12-8-6-9-13-24,25-14-10-7-11-15-25)38-29-19-17-26-28-22-23-16-18-27(35-4)31-30(23)34(26,32(29)37-31)20-21-36(28)5/h6-19,26,28-29,32,35H,20-22H2,1-5H3/t26-,28+,29-,32-,34-/m0/s1. The monoisotopic (exact) mass is 536 g/mol. The van der Waals surface area contributed by atoms with Crippen LogP contribution in [0.3, 0.4) is 0 Å². The molecule has 2 heterocycles. The van der Waals surface area contributed by atoms with E-state index in [1.807, 2.05) is 7.05 Å². The quantitative estimate of drug-likeness (QED) is 0.363. The van der Waals surface area contributed by atoms with Crippen LogP contribution in [-0.4, -0.2) is 52.1 Å². The molecule has 2 aliphatic heterocycles. The lowest BCUT2D eigenvalue weighted by Gasteiger charge is -2.58. The average Bonchev–Trinajstić information content (AvgIpc) is 3.30. The Kier molecular flexibility index (Phi) is 5.68. The number of hydrogen-bond donors (Lipinski definition) is 1. The highest BCUT2D eigenvalue weighted by Gasteiger charge is 2.65. The molecule has 0 unspecified atom stereocenters. The molecule has 3 aromatic carbocycles. The summed E-state index contributed by atoms with van der Waals surface area (Å²) in [4.78, 5) is 2.58. The number of rotatable bonds is 5. The summed E-state index contributed by atoms with van der Waals surface area (Å²) in [5, 5.41) is 5.97. The van der Waals surface area contributed by atoms with Crippen molar-refractivity contribution in [3.8, 4) is 5.75 Å². The van der Waals surface area contributed by atoms with Gasteiger partial charge in [0.1, 0.15) is 18.0 Å². The first kappa shape index (κ1) is 25.1. The number of hydrogen-bond acceptors (Lipinski definition) is 4. The number of nitrogens with one attached hydrogen (secondary N) is 1. The van der Waals surface area contributed by atoms with E-state index in [9.17, 15) is 0 Å². The molecule has 5 heteroatoms. The Morgan fingerprint density at radius 1 is 0.949 bits per heavy atom. The van der Waals surface area contributed by atoms with Crippen molar-refractivity contribution in [1.82, 2.24) is 4.90 Å². The summed E-state index contributed by atoms with van der Waals surface area (Å²) in [5.74, 6) is 1.49. The van der Waals surface area contributed by atoms with Gasteiger partial charge in [-0.25, -0.2) is 0 Å². The van der Waals surface area contributed by atoms with Crippen LogP contribution >= 0.6 is 0 Å². The van der Waals surface area contributed by atoms with Gasteiger partial charge in [0.05, 0.1) is 5.69 Å². The molecule has 0 amide bonds. The van der Waals surface area contributed by atoms with Gasteiger partial charge in [-0.3, -0.25) is 0 Å². The lowest BCUT2D eigenvalue weighted by atomic mass is 9.53. The first-order valence-electron chi connectivity index (χ1n) is 14.5. The van der Waals surface area contributed by atoms with Crippen LogP contribution in [0.5, 0.6) is 5.75 Å². The summed E-state index contributed by atoms with van der Waals surface area (Å²) in [5.41, 5.74) is 3.95. The zero-order valence-electron chi connectivity index (χ0n) is 23.8. The highest BCUT2D eigenvalue weighted by molar-refractivity contribution is 6.99. The Bertz CT molecular complexity index is 1380. The molecule has 0 radical (unpaired) electrons. The van der Waals surface area contributed by atoms with E-state index < -0.39 is 8.32 Å². The van der Waals surface area contributed by atoms with Crippen molar-refractivity contribution in [3.05, 3.63) is 96.1 Å². The Morgan fingerprint density at radius 2 is 1.62 bits per heavy atom. The van der Waals surface area contributed by atoms with Gasteiger partial charge in [-0.2, -0.15) is 0 Å². The molecule has 1 fully saturated rings. The van der Waals surface area contributed by atoms with E-state index in [1.54, 1.807) is 0 Å². The van der Waals surface area contributed by atoms with E-state index in [0.29, 0.717) is 12.0 Å². The molecule has 39 heavy (non-hydrogen) atoms. The number of nitrogens with zero attached hydrogens (tertiary/aromatic N) is 1. The van der Waals surface area contributed by atoms with E-state index in [4.69, 9.17) is 9.16 Å². The van der Waals surface area contributed by atoms with E-state index in [2.05, 4.69) is 123 Å². The molecule has 2 aliphatic carbocycles. The predicted molar refractivity (Wildman–Crippen MR) is 162 cm³/mol. The minimum absolute atomic E-state index is 0.0473. The van der Waals surface area contributed by atoms with Crippen molar-refractivity contribution in [2.45, 2.75) is 62.3 Å². The fraction of sp³-hybridized carbons (Fsp3) is 0.412. The number of likely N-dealkylation sites (tertiary alicyclic amines) is 1. The summed E-state index contributed by atoms with van der Waals surface area (Å²) in [6, 6.07) is 27.1. The van der Waals surface area contributed by atoms with Crippen molar-refractivity contribution >= 4 is 24.4 Å². The zero-order valence-corrected chi connectivity index (χ0v) is 24.8. The summed E-state index contributed by atoms with van der Waals surface area (Å²) in [7, 11) is 1.55. The van der Waals surface area contributed by atoms with Gasteiger partial charge in [0, 0.05) is 30.0 Å². The number of piperidine rings is 1. The molecular weight excluding hydrogens is 496 g/mol. The van der Waals surface area contributed by atoms with Gasteiger partial charge in [0.15, 0.2) is 0 Å². The van der Waals surface area contributed by atoms with Crippen molar-refractivity contribution in [2.75, 3.05) is 26.0 Å². The molecule has 1 spiro atoms. The van der Waals surface area contributed by atoms with Gasteiger partial charge in [-0.1, -0.05) is 99.7 Å². The molecule has 0 saturated carbocycles. The van der Waals surface area contributed by atoms with Crippen LogP contribution in [0.25, 0.3) is 0 Å². The first-order valence-corrected chi connectivity index (χ1v) is 16.4. The Hall–Kier alpha value is -2.86. The molecule has 3 aromatic rings. The summed E-state index contributed by atoms with van der Waals surface area (Å²) >= 11 is 0. The van der Waals surface area contributed by atoms with Crippen molar-refractivity contribution < 1.29 is 9.16 Å². The smallest absolute Gasteiger partial charge is 0.262 e. The van der Waals surface area contributed by atoms with Crippen LogP contribution in [0.15, 0.2) is 84.9 Å². The Morgan fingerprint density at radius 3 is 2.23 bits per heavy atom. The second kappa shape index (κ2) is 8.82. The van der Waals surface area contributed by atoms with Gasteiger partial charge >= 0.3 is 0 Å². The number of likely N-dealkylation sites (N-methyl/N-ethyl adjacent to an activating group) is 1. The minimum atomic E-state index is -2.75. The Balaban J connectivity index is 1.42. The molecule has 7 rings (SSSR count). The zero-order chi connectivity index (χ0) is 27.0. The van der Waals surface area contributed by atoms with Gasteiger partial charge < -0.3 is 19.4 Å². The maximum absolute atomic E-state index is 7.75. The van der Waals surface area contributed by atoms with E-state index in [-0.39, 0.29) is 22.7 Å². The van der Waals surface area contributed by atoms with Crippen LogP contribution in [-0.2, 0) is 16.3 Å². The third-order valence-corrected chi connectivity index (χ3v) is 15.2. The SMILES string of the molecule is CNc1ccc2c3c1O[C@H]1[C@@H](O[Si](c4ccccc4)(c4ccccc4)C(C)(C)C)C=C[C@H]4[C@@H](C2)N(C)CC[C@@]341. The fourth-order valence-corrected chi connectivity index (χ4v) is 13.1. The predicted octanol–water partition coefficient (Wildman–Crippen LogP) is 5.12. The molecule has 0 aromatic heterocycles. The van der Waals surface area contributed by atoms with Gasteiger partial charge in [0.2, 0.25) is 0 Å². The molecule has 202 valence electrons. The van der Waals surface area contributed by atoms with Crippen LogP contribution in [0.4, 0.5) is 5.69 Å². The summed E-state index contributed by atoms with van der Waals surface area (Å²) in [6.45, 7) is 8.17.